The van der Waals surface area contributed by atoms with Gasteiger partial charge in [0.05, 0.1) is 13.2 Å². The zero-order valence-corrected chi connectivity index (χ0v) is 13.6. The zero-order chi connectivity index (χ0) is 15.8. The summed E-state index contributed by atoms with van der Waals surface area (Å²) in [7, 11) is 0. The van der Waals surface area contributed by atoms with Crippen LogP contribution >= 0.6 is 0 Å². The van der Waals surface area contributed by atoms with Crippen molar-refractivity contribution in [2.24, 2.45) is 5.92 Å². The maximum atomic E-state index is 5.69. The molecule has 0 aromatic heterocycles. The molecule has 2 rings (SSSR count). The van der Waals surface area contributed by atoms with Gasteiger partial charge in [-0.3, -0.25) is 0 Å². The summed E-state index contributed by atoms with van der Waals surface area (Å²) in [6.07, 6.45) is 0. The van der Waals surface area contributed by atoms with E-state index in [4.69, 9.17) is 9.47 Å². The van der Waals surface area contributed by atoms with Crippen molar-refractivity contribution in [2.75, 3.05) is 18.5 Å². The third kappa shape index (κ3) is 5.32. The maximum Gasteiger partial charge on any atom is 0.121 e. The summed E-state index contributed by atoms with van der Waals surface area (Å²) in [5, 5.41) is 3.41. The summed E-state index contributed by atoms with van der Waals surface area (Å²) >= 11 is 0. The topological polar surface area (TPSA) is 30.5 Å². The molecule has 0 fully saturated rings. The average Bonchev–Trinajstić information content (AvgIpc) is 2.53. The number of ether oxygens (including phenoxy) is 2. The molecule has 0 aliphatic rings. The molecule has 1 N–H and O–H groups in total. The van der Waals surface area contributed by atoms with Crippen LogP contribution in [-0.4, -0.2) is 13.2 Å². The molecule has 0 aliphatic carbocycles. The van der Waals surface area contributed by atoms with Crippen LogP contribution in [0.5, 0.6) is 11.5 Å². The van der Waals surface area contributed by atoms with E-state index >= 15 is 0 Å². The van der Waals surface area contributed by atoms with Crippen LogP contribution in [0.1, 0.15) is 26.3 Å². The molecule has 0 unspecified atom stereocenters. The number of nitrogens with one attached hydrogen (secondary N) is 1. The van der Waals surface area contributed by atoms with E-state index in [0.29, 0.717) is 12.5 Å². The Bertz CT molecular complexity index is 564. The Morgan fingerprint density at radius 1 is 0.955 bits per heavy atom. The third-order valence-corrected chi connectivity index (χ3v) is 3.15. The van der Waals surface area contributed by atoms with Crippen LogP contribution in [0.15, 0.2) is 48.5 Å². The fourth-order valence-corrected chi connectivity index (χ4v) is 2.03. The number of anilines is 1. The van der Waals surface area contributed by atoms with E-state index < -0.39 is 0 Å². The van der Waals surface area contributed by atoms with E-state index in [9.17, 15) is 0 Å². The number of hydrogen-bond acceptors (Lipinski definition) is 3. The molecule has 0 aliphatic heterocycles. The minimum atomic E-state index is 0.541. The molecule has 3 heteroatoms. The molecule has 0 bridgehead atoms. The first kappa shape index (κ1) is 16.2. The molecule has 22 heavy (non-hydrogen) atoms. The quantitative estimate of drug-likeness (QED) is 0.764. The predicted molar refractivity (Wildman–Crippen MR) is 91.7 cm³/mol. The van der Waals surface area contributed by atoms with Gasteiger partial charge in [0.1, 0.15) is 11.5 Å². The minimum absolute atomic E-state index is 0.541. The fraction of sp³-hybridized carbons (Fsp3) is 0.368. The van der Waals surface area contributed by atoms with Gasteiger partial charge in [0.25, 0.3) is 0 Å². The summed E-state index contributed by atoms with van der Waals surface area (Å²) in [5.74, 6) is 2.36. The molecule has 0 heterocycles. The van der Waals surface area contributed by atoms with Crippen molar-refractivity contribution in [1.29, 1.82) is 0 Å². The predicted octanol–water partition coefficient (Wildman–Crippen LogP) is 4.73. The van der Waals surface area contributed by atoms with E-state index in [1.165, 1.54) is 5.56 Å². The van der Waals surface area contributed by atoms with Crippen LogP contribution in [0, 0.1) is 5.92 Å². The van der Waals surface area contributed by atoms with Crippen LogP contribution in [0.25, 0.3) is 0 Å². The van der Waals surface area contributed by atoms with E-state index in [0.717, 1.165) is 30.3 Å². The normalized spacial score (nSPS) is 10.5. The van der Waals surface area contributed by atoms with Crippen molar-refractivity contribution < 1.29 is 9.47 Å². The number of benzene rings is 2. The van der Waals surface area contributed by atoms with Crippen molar-refractivity contribution in [3.05, 3.63) is 54.1 Å². The molecular weight excluding hydrogens is 274 g/mol. The highest BCUT2D eigenvalue weighted by Crippen LogP contribution is 2.19. The molecule has 2 aromatic rings. The zero-order valence-electron chi connectivity index (χ0n) is 13.6. The smallest absolute Gasteiger partial charge is 0.121 e. The lowest BCUT2D eigenvalue weighted by atomic mass is 10.2. The van der Waals surface area contributed by atoms with Gasteiger partial charge < -0.3 is 14.8 Å². The highest BCUT2D eigenvalue weighted by atomic mass is 16.5. The first-order valence-electron chi connectivity index (χ1n) is 7.86. The van der Waals surface area contributed by atoms with Gasteiger partial charge in [-0.1, -0.05) is 32.0 Å². The van der Waals surface area contributed by atoms with Crippen LogP contribution in [-0.2, 0) is 6.54 Å². The Kier molecular flexibility index (Phi) is 6.13. The summed E-state index contributed by atoms with van der Waals surface area (Å²) in [6, 6.07) is 16.3. The third-order valence-electron chi connectivity index (χ3n) is 3.15. The lowest BCUT2D eigenvalue weighted by molar-refractivity contribution is 0.271. The summed E-state index contributed by atoms with van der Waals surface area (Å²) < 4.78 is 11.2. The van der Waals surface area contributed by atoms with Gasteiger partial charge in [0.2, 0.25) is 0 Å². The SMILES string of the molecule is CCOc1cccc(NCc2ccc(OCC(C)C)cc2)c1. The van der Waals surface area contributed by atoms with Gasteiger partial charge in [-0.25, -0.2) is 0 Å². The first-order chi connectivity index (χ1) is 10.7. The lowest BCUT2D eigenvalue weighted by Crippen LogP contribution is -2.04. The molecule has 0 radical (unpaired) electrons. The number of hydrogen-bond donors (Lipinski definition) is 1. The second-order valence-electron chi connectivity index (χ2n) is 5.66. The molecule has 3 nitrogen and oxygen atoms in total. The van der Waals surface area contributed by atoms with Gasteiger partial charge in [-0.05, 0) is 42.7 Å². The molecule has 2 aromatic carbocycles. The maximum absolute atomic E-state index is 5.69. The highest BCUT2D eigenvalue weighted by Gasteiger charge is 1.99. The summed E-state index contributed by atoms with van der Waals surface area (Å²) in [5.41, 5.74) is 2.28. The molecular formula is C19H25NO2. The van der Waals surface area contributed by atoms with Gasteiger partial charge in [-0.2, -0.15) is 0 Å². The largest absolute Gasteiger partial charge is 0.494 e. The molecule has 0 spiro atoms. The Labute approximate surface area is 133 Å². The van der Waals surface area contributed by atoms with Gasteiger partial charge >= 0.3 is 0 Å². The van der Waals surface area contributed by atoms with Crippen LogP contribution in [0.3, 0.4) is 0 Å². The fourth-order valence-electron chi connectivity index (χ4n) is 2.03. The van der Waals surface area contributed by atoms with E-state index in [1.807, 2.05) is 43.3 Å². The van der Waals surface area contributed by atoms with E-state index in [1.54, 1.807) is 0 Å². The van der Waals surface area contributed by atoms with Crippen LogP contribution < -0.4 is 14.8 Å². The number of rotatable bonds is 8. The second kappa shape index (κ2) is 8.32. The van der Waals surface area contributed by atoms with Crippen molar-refractivity contribution >= 4 is 5.69 Å². The first-order valence-corrected chi connectivity index (χ1v) is 7.86. The monoisotopic (exact) mass is 299 g/mol. The van der Waals surface area contributed by atoms with Crippen molar-refractivity contribution in [3.8, 4) is 11.5 Å². The molecule has 0 amide bonds. The summed E-state index contributed by atoms with van der Waals surface area (Å²) in [6.45, 7) is 8.50. The standard InChI is InChI=1S/C19H25NO2/c1-4-21-19-7-5-6-17(12-19)20-13-16-8-10-18(11-9-16)22-14-15(2)3/h5-12,15,20H,4,13-14H2,1-3H3. The lowest BCUT2D eigenvalue weighted by Gasteiger charge is -2.11. The summed E-state index contributed by atoms with van der Waals surface area (Å²) in [4.78, 5) is 0. The van der Waals surface area contributed by atoms with Crippen molar-refractivity contribution in [1.82, 2.24) is 0 Å². The van der Waals surface area contributed by atoms with Crippen molar-refractivity contribution in [2.45, 2.75) is 27.3 Å². The molecule has 0 atom stereocenters. The Morgan fingerprint density at radius 2 is 1.73 bits per heavy atom. The van der Waals surface area contributed by atoms with E-state index in [2.05, 4.69) is 31.3 Å². The van der Waals surface area contributed by atoms with Gasteiger partial charge in [0.15, 0.2) is 0 Å². The second-order valence-corrected chi connectivity index (χ2v) is 5.66. The van der Waals surface area contributed by atoms with Gasteiger partial charge in [0, 0.05) is 18.3 Å². The van der Waals surface area contributed by atoms with Crippen molar-refractivity contribution in [3.63, 3.8) is 0 Å². The minimum Gasteiger partial charge on any atom is -0.494 e. The Balaban J connectivity index is 1.87. The highest BCUT2D eigenvalue weighted by molar-refractivity contribution is 5.48. The van der Waals surface area contributed by atoms with Crippen LogP contribution in [0.4, 0.5) is 5.69 Å². The Morgan fingerprint density at radius 3 is 2.41 bits per heavy atom. The van der Waals surface area contributed by atoms with E-state index in [-0.39, 0.29) is 0 Å². The average molecular weight is 299 g/mol. The molecule has 0 saturated heterocycles. The molecule has 118 valence electrons. The van der Waals surface area contributed by atoms with Crippen LogP contribution in [0.2, 0.25) is 0 Å². The molecule has 0 saturated carbocycles. The van der Waals surface area contributed by atoms with Gasteiger partial charge in [-0.15, -0.1) is 0 Å². The Hall–Kier alpha value is -2.16.